The van der Waals surface area contributed by atoms with Crippen LogP contribution in [0.4, 0.5) is 0 Å². The van der Waals surface area contributed by atoms with Crippen molar-refractivity contribution in [1.29, 1.82) is 0 Å². The minimum absolute atomic E-state index is 0.139. The predicted octanol–water partition coefficient (Wildman–Crippen LogP) is 1.40. The molecule has 1 aromatic carbocycles. The molecule has 1 amide bonds. The van der Waals surface area contributed by atoms with E-state index in [1.165, 1.54) is 12.1 Å². The van der Waals surface area contributed by atoms with E-state index in [1.54, 1.807) is 19.1 Å². The highest BCUT2D eigenvalue weighted by atomic mass is 32.2. The summed E-state index contributed by atoms with van der Waals surface area (Å²) in [7, 11) is -3.29. The van der Waals surface area contributed by atoms with Gasteiger partial charge in [-0.15, -0.1) is 0 Å². The predicted molar refractivity (Wildman–Crippen MR) is 66.7 cm³/mol. The molecule has 0 bridgehead atoms. The summed E-state index contributed by atoms with van der Waals surface area (Å²) in [4.78, 5) is 11.8. The lowest BCUT2D eigenvalue weighted by Gasteiger charge is -2.05. The Labute approximate surface area is 101 Å². The van der Waals surface area contributed by atoms with Crippen molar-refractivity contribution in [3.8, 4) is 0 Å². The molecule has 0 heterocycles. The van der Waals surface area contributed by atoms with Crippen LogP contribution in [0.5, 0.6) is 0 Å². The van der Waals surface area contributed by atoms with Gasteiger partial charge in [-0.2, -0.15) is 0 Å². The number of sulfone groups is 1. The smallest absolute Gasteiger partial charge is 0.251 e. The molecule has 17 heavy (non-hydrogen) atoms. The van der Waals surface area contributed by atoms with Gasteiger partial charge in [0.2, 0.25) is 0 Å². The van der Waals surface area contributed by atoms with Gasteiger partial charge in [0.1, 0.15) is 0 Å². The van der Waals surface area contributed by atoms with Crippen molar-refractivity contribution < 1.29 is 13.2 Å². The van der Waals surface area contributed by atoms with E-state index in [1.807, 2.05) is 0 Å². The van der Waals surface area contributed by atoms with E-state index in [0.29, 0.717) is 12.1 Å². The number of hydrogen-bond acceptors (Lipinski definition) is 3. The number of carbonyl (C=O) groups is 1. The van der Waals surface area contributed by atoms with Crippen LogP contribution in [0.1, 0.15) is 17.3 Å². The lowest BCUT2D eigenvalue weighted by Crippen LogP contribution is -2.24. The molecule has 1 N–H and O–H groups in total. The molecule has 0 atom stereocenters. The van der Waals surface area contributed by atoms with E-state index in [-0.39, 0.29) is 10.8 Å². The maximum atomic E-state index is 11.7. The molecular weight excluding hydrogens is 238 g/mol. The average molecular weight is 253 g/mol. The molecule has 1 rings (SSSR count). The van der Waals surface area contributed by atoms with Crippen molar-refractivity contribution in [3.63, 3.8) is 0 Å². The fourth-order valence-corrected chi connectivity index (χ4v) is 1.87. The van der Waals surface area contributed by atoms with Gasteiger partial charge in [0.25, 0.3) is 5.91 Å². The lowest BCUT2D eigenvalue weighted by atomic mass is 10.2. The van der Waals surface area contributed by atoms with Crippen molar-refractivity contribution in [3.05, 3.63) is 42.0 Å². The minimum atomic E-state index is -3.29. The summed E-state index contributed by atoms with van der Waals surface area (Å²) in [6.45, 7) is 5.84. The second-order valence-corrected chi connectivity index (χ2v) is 5.96. The first kappa shape index (κ1) is 13.4. The standard InChI is InChI=1S/C12H15NO3S/c1-9(2)8-13-12(14)10-5-4-6-11(7-10)17(3,15)16/h4-7H,1,8H2,2-3H3,(H,13,14). The molecule has 0 saturated carbocycles. The molecule has 0 unspecified atom stereocenters. The number of hydrogen-bond donors (Lipinski definition) is 1. The van der Waals surface area contributed by atoms with Gasteiger partial charge >= 0.3 is 0 Å². The zero-order valence-electron chi connectivity index (χ0n) is 9.86. The second kappa shape index (κ2) is 5.14. The molecule has 0 saturated heterocycles. The highest BCUT2D eigenvalue weighted by Crippen LogP contribution is 2.11. The monoisotopic (exact) mass is 253 g/mol. The highest BCUT2D eigenvalue weighted by molar-refractivity contribution is 7.90. The quantitative estimate of drug-likeness (QED) is 0.825. The Morgan fingerprint density at radius 2 is 2.06 bits per heavy atom. The third-order valence-electron chi connectivity index (χ3n) is 2.08. The topological polar surface area (TPSA) is 63.2 Å². The van der Waals surface area contributed by atoms with E-state index < -0.39 is 9.84 Å². The Hall–Kier alpha value is -1.62. The Morgan fingerprint density at radius 3 is 2.59 bits per heavy atom. The first-order valence-electron chi connectivity index (χ1n) is 5.03. The van der Waals surface area contributed by atoms with E-state index >= 15 is 0 Å². The van der Waals surface area contributed by atoms with Gasteiger partial charge < -0.3 is 5.32 Å². The maximum Gasteiger partial charge on any atom is 0.251 e. The Bertz CT molecular complexity index is 547. The first-order chi connectivity index (χ1) is 7.80. The minimum Gasteiger partial charge on any atom is -0.348 e. The van der Waals surface area contributed by atoms with E-state index in [4.69, 9.17) is 0 Å². The number of carbonyl (C=O) groups excluding carboxylic acids is 1. The number of benzene rings is 1. The van der Waals surface area contributed by atoms with Crippen LogP contribution < -0.4 is 5.32 Å². The number of nitrogens with one attached hydrogen (secondary N) is 1. The van der Waals surface area contributed by atoms with Gasteiger partial charge in [-0.1, -0.05) is 18.2 Å². The van der Waals surface area contributed by atoms with Crippen LogP contribution in [0.3, 0.4) is 0 Å². The zero-order valence-corrected chi connectivity index (χ0v) is 10.7. The fourth-order valence-electron chi connectivity index (χ4n) is 1.20. The van der Waals surface area contributed by atoms with E-state index in [9.17, 15) is 13.2 Å². The molecule has 0 fully saturated rings. The summed E-state index contributed by atoms with van der Waals surface area (Å²) in [6.07, 6.45) is 1.11. The van der Waals surface area contributed by atoms with Crippen LogP contribution in [-0.4, -0.2) is 27.1 Å². The third-order valence-corrected chi connectivity index (χ3v) is 3.19. The van der Waals surface area contributed by atoms with Crippen molar-refractivity contribution in [2.75, 3.05) is 12.8 Å². The molecule has 0 spiro atoms. The van der Waals surface area contributed by atoms with Gasteiger partial charge in [0.05, 0.1) is 4.90 Å². The van der Waals surface area contributed by atoms with Crippen LogP contribution in [0.25, 0.3) is 0 Å². The molecule has 5 heteroatoms. The Kier molecular flexibility index (Phi) is 4.07. The van der Waals surface area contributed by atoms with Crippen LogP contribution in [0, 0.1) is 0 Å². The van der Waals surface area contributed by atoms with E-state index in [2.05, 4.69) is 11.9 Å². The first-order valence-corrected chi connectivity index (χ1v) is 6.92. The summed E-state index contributed by atoms with van der Waals surface area (Å²) >= 11 is 0. The molecule has 1 aromatic rings. The highest BCUT2D eigenvalue weighted by Gasteiger charge is 2.11. The van der Waals surface area contributed by atoms with Crippen molar-refractivity contribution in [2.24, 2.45) is 0 Å². The van der Waals surface area contributed by atoms with Crippen LogP contribution in [0.2, 0.25) is 0 Å². The molecule has 0 aliphatic heterocycles. The van der Waals surface area contributed by atoms with Gasteiger partial charge in [0.15, 0.2) is 9.84 Å². The van der Waals surface area contributed by atoms with Gasteiger partial charge in [-0.05, 0) is 25.1 Å². The maximum absolute atomic E-state index is 11.7. The summed E-state index contributed by atoms with van der Waals surface area (Å²) in [5, 5.41) is 2.64. The summed E-state index contributed by atoms with van der Waals surface area (Å²) in [6, 6.07) is 5.95. The third kappa shape index (κ3) is 4.03. The Morgan fingerprint density at radius 1 is 1.41 bits per heavy atom. The number of amides is 1. The van der Waals surface area contributed by atoms with Crippen molar-refractivity contribution in [1.82, 2.24) is 5.32 Å². The summed E-state index contributed by atoms with van der Waals surface area (Å²) < 4.78 is 22.7. The second-order valence-electron chi connectivity index (χ2n) is 3.94. The zero-order chi connectivity index (χ0) is 13.1. The van der Waals surface area contributed by atoms with Crippen LogP contribution >= 0.6 is 0 Å². The summed E-state index contributed by atoms with van der Waals surface area (Å²) in [5.74, 6) is -0.307. The Balaban J connectivity index is 2.93. The molecule has 0 radical (unpaired) electrons. The molecule has 0 aliphatic carbocycles. The SMILES string of the molecule is C=C(C)CNC(=O)c1cccc(S(C)(=O)=O)c1. The normalized spacial score (nSPS) is 10.9. The fraction of sp³-hybridized carbons (Fsp3) is 0.250. The molecular formula is C12H15NO3S. The number of rotatable bonds is 4. The average Bonchev–Trinajstić information content (AvgIpc) is 2.25. The van der Waals surface area contributed by atoms with Gasteiger partial charge in [-0.3, -0.25) is 4.79 Å². The molecule has 92 valence electrons. The molecule has 0 aromatic heterocycles. The van der Waals surface area contributed by atoms with E-state index in [0.717, 1.165) is 11.8 Å². The van der Waals surface area contributed by atoms with Crippen molar-refractivity contribution >= 4 is 15.7 Å². The largest absolute Gasteiger partial charge is 0.348 e. The summed E-state index contributed by atoms with van der Waals surface area (Å²) in [5.41, 5.74) is 1.16. The van der Waals surface area contributed by atoms with Crippen LogP contribution in [0.15, 0.2) is 41.3 Å². The molecule has 0 aliphatic rings. The van der Waals surface area contributed by atoms with Crippen molar-refractivity contribution in [2.45, 2.75) is 11.8 Å². The van der Waals surface area contributed by atoms with Gasteiger partial charge in [0, 0.05) is 18.4 Å². The van der Waals surface area contributed by atoms with Gasteiger partial charge in [-0.25, -0.2) is 8.42 Å². The van der Waals surface area contributed by atoms with Crippen LogP contribution in [-0.2, 0) is 9.84 Å². The lowest BCUT2D eigenvalue weighted by molar-refractivity contribution is 0.0957. The molecule has 4 nitrogen and oxygen atoms in total.